The summed E-state index contributed by atoms with van der Waals surface area (Å²) >= 11 is 0. The maximum Gasteiger partial charge on any atom is 0.339 e. The Labute approximate surface area is 95.8 Å². The van der Waals surface area contributed by atoms with Crippen molar-refractivity contribution in [3.05, 3.63) is 22.5 Å². The number of ether oxygens (including phenoxy) is 1. The number of aromatic nitrogens is 1. The number of hydrogen-bond acceptors (Lipinski definition) is 3. The molecule has 0 spiro atoms. The number of methoxy groups -OCH3 is 1. The van der Waals surface area contributed by atoms with E-state index >= 15 is 0 Å². The fourth-order valence-electron chi connectivity index (χ4n) is 1.94. The third-order valence-electron chi connectivity index (χ3n) is 3.00. The van der Waals surface area contributed by atoms with Crippen LogP contribution in [0.15, 0.2) is 0 Å². The molecule has 1 N–H and O–H groups in total. The molecule has 1 rings (SSSR count). The van der Waals surface area contributed by atoms with Crippen molar-refractivity contribution in [2.24, 2.45) is 7.05 Å². The quantitative estimate of drug-likeness (QED) is 0.790. The third-order valence-corrected chi connectivity index (χ3v) is 3.00. The van der Waals surface area contributed by atoms with Crippen LogP contribution in [0, 0.1) is 13.8 Å². The van der Waals surface area contributed by atoms with Gasteiger partial charge in [0.1, 0.15) is 0 Å². The van der Waals surface area contributed by atoms with Crippen molar-refractivity contribution in [3.8, 4) is 0 Å². The van der Waals surface area contributed by atoms with Gasteiger partial charge in [0, 0.05) is 24.9 Å². The zero-order valence-corrected chi connectivity index (χ0v) is 10.5. The summed E-state index contributed by atoms with van der Waals surface area (Å²) in [6.45, 7) is 5.53. The van der Waals surface area contributed by atoms with Gasteiger partial charge >= 0.3 is 5.97 Å². The van der Waals surface area contributed by atoms with E-state index in [2.05, 4.69) is 0 Å². The van der Waals surface area contributed by atoms with E-state index < -0.39 is 6.10 Å². The molecule has 0 bridgehead atoms. The summed E-state index contributed by atoms with van der Waals surface area (Å²) in [5, 5.41) is 9.45. The minimum absolute atomic E-state index is 0.336. The highest BCUT2D eigenvalue weighted by atomic mass is 16.5. The van der Waals surface area contributed by atoms with E-state index in [0.717, 1.165) is 17.0 Å². The zero-order valence-electron chi connectivity index (χ0n) is 10.5. The van der Waals surface area contributed by atoms with Crippen LogP contribution < -0.4 is 0 Å². The SMILES string of the molecule is COC(=O)c1c(CC(C)O)c(C)n(C)c1C. The molecule has 1 unspecified atom stereocenters. The van der Waals surface area contributed by atoms with Crippen LogP contribution in [0.1, 0.15) is 34.2 Å². The fourth-order valence-corrected chi connectivity index (χ4v) is 1.94. The van der Waals surface area contributed by atoms with Gasteiger partial charge in [-0.25, -0.2) is 4.79 Å². The monoisotopic (exact) mass is 225 g/mol. The van der Waals surface area contributed by atoms with Crippen LogP contribution in [-0.2, 0) is 18.2 Å². The Balaban J connectivity index is 3.33. The normalized spacial score (nSPS) is 12.6. The molecule has 1 aromatic rings. The lowest BCUT2D eigenvalue weighted by atomic mass is 10.0. The first-order valence-corrected chi connectivity index (χ1v) is 5.31. The highest BCUT2D eigenvalue weighted by Gasteiger charge is 2.22. The van der Waals surface area contributed by atoms with Crippen molar-refractivity contribution < 1.29 is 14.6 Å². The summed E-state index contributed by atoms with van der Waals surface area (Å²) in [6.07, 6.45) is 0.00158. The number of hydrogen-bond donors (Lipinski definition) is 1. The molecular weight excluding hydrogens is 206 g/mol. The van der Waals surface area contributed by atoms with Gasteiger partial charge in [0.15, 0.2) is 0 Å². The summed E-state index contributed by atoms with van der Waals surface area (Å²) in [5.41, 5.74) is 3.34. The molecular formula is C12H19NO3. The summed E-state index contributed by atoms with van der Waals surface area (Å²) in [4.78, 5) is 11.7. The molecule has 0 aromatic carbocycles. The van der Waals surface area contributed by atoms with Crippen molar-refractivity contribution in [1.82, 2.24) is 4.57 Å². The molecule has 4 heteroatoms. The van der Waals surface area contributed by atoms with Crippen LogP contribution in [0.3, 0.4) is 0 Å². The highest BCUT2D eigenvalue weighted by molar-refractivity contribution is 5.93. The van der Waals surface area contributed by atoms with Crippen molar-refractivity contribution in [3.63, 3.8) is 0 Å². The van der Waals surface area contributed by atoms with E-state index in [1.54, 1.807) is 6.92 Å². The van der Waals surface area contributed by atoms with Crippen LogP contribution >= 0.6 is 0 Å². The molecule has 0 amide bonds. The topological polar surface area (TPSA) is 51.5 Å². The van der Waals surface area contributed by atoms with Gasteiger partial charge in [0.25, 0.3) is 0 Å². The lowest BCUT2D eigenvalue weighted by Gasteiger charge is -2.07. The van der Waals surface area contributed by atoms with Gasteiger partial charge < -0.3 is 14.4 Å². The van der Waals surface area contributed by atoms with Gasteiger partial charge in [-0.15, -0.1) is 0 Å². The van der Waals surface area contributed by atoms with Gasteiger partial charge in [0.2, 0.25) is 0 Å². The Morgan fingerprint density at radius 3 is 2.44 bits per heavy atom. The number of rotatable bonds is 3. The smallest absolute Gasteiger partial charge is 0.339 e. The maximum atomic E-state index is 11.7. The van der Waals surface area contributed by atoms with E-state index in [-0.39, 0.29) is 5.97 Å². The molecule has 0 saturated carbocycles. The van der Waals surface area contributed by atoms with Crippen LogP contribution in [0.4, 0.5) is 0 Å². The lowest BCUT2D eigenvalue weighted by Crippen LogP contribution is -2.11. The molecule has 0 aliphatic heterocycles. The first-order chi connectivity index (χ1) is 7.40. The van der Waals surface area contributed by atoms with E-state index in [0.29, 0.717) is 12.0 Å². The second-order valence-corrected chi connectivity index (χ2v) is 4.13. The lowest BCUT2D eigenvalue weighted by molar-refractivity contribution is 0.0598. The summed E-state index contributed by atoms with van der Waals surface area (Å²) in [6, 6.07) is 0. The second kappa shape index (κ2) is 4.70. The molecule has 1 heterocycles. The van der Waals surface area contributed by atoms with E-state index in [1.165, 1.54) is 7.11 Å². The van der Waals surface area contributed by atoms with Crippen LogP contribution in [0.5, 0.6) is 0 Å². The number of aliphatic hydroxyl groups is 1. The van der Waals surface area contributed by atoms with Crippen LogP contribution in [0.2, 0.25) is 0 Å². The number of nitrogens with zero attached hydrogens (tertiary/aromatic N) is 1. The van der Waals surface area contributed by atoms with Crippen molar-refractivity contribution in [2.75, 3.05) is 7.11 Å². The first kappa shape index (κ1) is 12.8. The predicted molar refractivity (Wildman–Crippen MR) is 61.6 cm³/mol. The van der Waals surface area contributed by atoms with Gasteiger partial charge in [-0.05, 0) is 26.3 Å². The molecule has 1 atom stereocenters. The Kier molecular flexibility index (Phi) is 3.75. The zero-order chi connectivity index (χ0) is 12.5. The summed E-state index contributed by atoms with van der Waals surface area (Å²) < 4.78 is 6.72. The molecule has 90 valence electrons. The van der Waals surface area contributed by atoms with E-state index in [4.69, 9.17) is 4.74 Å². The number of aliphatic hydroxyl groups excluding tert-OH is 1. The van der Waals surface area contributed by atoms with Gasteiger partial charge in [-0.2, -0.15) is 0 Å². The maximum absolute atomic E-state index is 11.7. The molecule has 0 aliphatic rings. The van der Waals surface area contributed by atoms with Crippen molar-refractivity contribution in [1.29, 1.82) is 0 Å². The summed E-state index contributed by atoms with van der Waals surface area (Å²) in [5.74, 6) is -0.336. The predicted octanol–water partition coefficient (Wildman–Crippen LogP) is 1.35. The molecule has 0 radical (unpaired) electrons. The second-order valence-electron chi connectivity index (χ2n) is 4.13. The van der Waals surface area contributed by atoms with E-state index in [1.807, 2.05) is 25.5 Å². The Bertz CT molecular complexity index is 405. The number of esters is 1. The van der Waals surface area contributed by atoms with E-state index in [9.17, 15) is 9.90 Å². The number of carbonyl (C=O) groups is 1. The van der Waals surface area contributed by atoms with Gasteiger partial charge in [-0.1, -0.05) is 0 Å². The minimum atomic E-state index is -0.469. The Hall–Kier alpha value is -1.29. The van der Waals surface area contributed by atoms with Crippen LogP contribution in [0.25, 0.3) is 0 Å². The average Bonchev–Trinajstić information content (AvgIpc) is 2.42. The summed E-state index contributed by atoms with van der Waals surface area (Å²) in [7, 11) is 3.28. The molecule has 0 aliphatic carbocycles. The van der Waals surface area contributed by atoms with Crippen molar-refractivity contribution >= 4 is 5.97 Å². The number of carbonyl (C=O) groups excluding carboxylic acids is 1. The average molecular weight is 225 g/mol. The first-order valence-electron chi connectivity index (χ1n) is 5.31. The molecule has 1 aromatic heterocycles. The largest absolute Gasteiger partial charge is 0.465 e. The van der Waals surface area contributed by atoms with Gasteiger partial charge in [-0.3, -0.25) is 0 Å². The Morgan fingerprint density at radius 1 is 1.44 bits per heavy atom. The molecule has 16 heavy (non-hydrogen) atoms. The Morgan fingerprint density at radius 2 is 2.00 bits per heavy atom. The van der Waals surface area contributed by atoms with Gasteiger partial charge in [0.05, 0.1) is 18.8 Å². The highest BCUT2D eigenvalue weighted by Crippen LogP contribution is 2.23. The minimum Gasteiger partial charge on any atom is -0.465 e. The van der Waals surface area contributed by atoms with Crippen molar-refractivity contribution in [2.45, 2.75) is 33.3 Å². The standard InChI is InChI=1S/C12H19NO3/c1-7(14)6-10-8(2)13(4)9(3)11(10)12(15)16-5/h7,14H,6H2,1-5H3. The fraction of sp³-hybridized carbons (Fsp3) is 0.583. The molecule has 0 fully saturated rings. The van der Waals surface area contributed by atoms with Crippen LogP contribution in [-0.4, -0.2) is 28.9 Å². The molecule has 0 saturated heterocycles. The third kappa shape index (κ3) is 2.11. The molecule has 4 nitrogen and oxygen atoms in total.